The van der Waals surface area contributed by atoms with Crippen LogP contribution in [0.4, 0.5) is 26.2 Å². The number of fused-ring (bicyclic) bond motifs is 1. The second-order valence-corrected chi connectivity index (χ2v) is 8.79. The summed E-state index contributed by atoms with van der Waals surface area (Å²) >= 11 is 0. The summed E-state index contributed by atoms with van der Waals surface area (Å²) in [5.41, 5.74) is 1.33. The van der Waals surface area contributed by atoms with Gasteiger partial charge < -0.3 is 19.9 Å². The monoisotopic (exact) mass is 493 g/mol. The summed E-state index contributed by atoms with van der Waals surface area (Å²) in [5.74, 6) is -1.73. The number of nitrogens with zero attached hydrogens (tertiary/aromatic N) is 6. The Balaban J connectivity index is 1.35. The van der Waals surface area contributed by atoms with Crippen molar-refractivity contribution in [1.29, 1.82) is 0 Å². The molecule has 4 heterocycles. The topological polar surface area (TPSA) is 109 Å². The van der Waals surface area contributed by atoms with E-state index in [1.165, 1.54) is 24.7 Å². The summed E-state index contributed by atoms with van der Waals surface area (Å²) in [6, 6.07) is 3.47. The number of carbonyl (C=O) groups is 1. The van der Waals surface area contributed by atoms with E-state index in [1.807, 2.05) is 17.0 Å². The van der Waals surface area contributed by atoms with Gasteiger partial charge in [0.2, 0.25) is 5.95 Å². The van der Waals surface area contributed by atoms with Gasteiger partial charge in [-0.15, -0.1) is 0 Å². The van der Waals surface area contributed by atoms with E-state index in [0.29, 0.717) is 11.6 Å². The summed E-state index contributed by atoms with van der Waals surface area (Å²) in [7, 11) is 0. The number of halogens is 2. The van der Waals surface area contributed by atoms with Crippen LogP contribution in [-0.4, -0.2) is 48.7 Å². The minimum absolute atomic E-state index is 0.00888. The number of aromatic carboxylic acids is 1. The molecule has 11 heteroatoms. The van der Waals surface area contributed by atoms with E-state index in [1.54, 1.807) is 0 Å². The Morgan fingerprint density at radius 2 is 1.86 bits per heavy atom. The highest BCUT2D eigenvalue weighted by atomic mass is 19.1. The first-order valence-corrected chi connectivity index (χ1v) is 11.8. The number of rotatable bonds is 7. The van der Waals surface area contributed by atoms with Gasteiger partial charge in [-0.3, -0.25) is 0 Å². The zero-order valence-corrected chi connectivity index (χ0v) is 19.7. The highest BCUT2D eigenvalue weighted by Gasteiger charge is 2.26. The van der Waals surface area contributed by atoms with E-state index in [0.717, 1.165) is 50.4 Å². The highest BCUT2D eigenvalue weighted by Crippen LogP contribution is 2.33. The Bertz CT molecular complexity index is 1400. The van der Waals surface area contributed by atoms with E-state index >= 15 is 4.39 Å². The van der Waals surface area contributed by atoms with Crippen LogP contribution in [-0.2, 0) is 6.42 Å². The SMILES string of the molecule is CCCc1cnc(N2CCC(n3cc(F)c4c(Nc5ccc(C(=O)O)cc5F)ncnc43)CC2)nc1. The van der Waals surface area contributed by atoms with Gasteiger partial charge >= 0.3 is 5.97 Å². The van der Waals surface area contributed by atoms with Crippen molar-refractivity contribution >= 4 is 34.5 Å². The molecular weight excluding hydrogens is 468 g/mol. The average molecular weight is 494 g/mol. The summed E-state index contributed by atoms with van der Waals surface area (Å²) < 4.78 is 31.4. The molecule has 0 amide bonds. The molecule has 0 unspecified atom stereocenters. The molecule has 1 aliphatic rings. The molecule has 0 bridgehead atoms. The molecule has 1 saturated heterocycles. The quantitative estimate of drug-likeness (QED) is 0.380. The van der Waals surface area contributed by atoms with E-state index in [-0.39, 0.29) is 28.5 Å². The van der Waals surface area contributed by atoms with Crippen LogP contribution in [0.5, 0.6) is 0 Å². The van der Waals surface area contributed by atoms with Gasteiger partial charge in [0, 0.05) is 37.7 Å². The van der Waals surface area contributed by atoms with E-state index in [2.05, 4.69) is 37.1 Å². The second-order valence-electron chi connectivity index (χ2n) is 8.79. The molecular formula is C25H25F2N7O2. The zero-order valence-electron chi connectivity index (χ0n) is 19.7. The van der Waals surface area contributed by atoms with Crippen molar-refractivity contribution in [1.82, 2.24) is 24.5 Å². The molecule has 9 nitrogen and oxygen atoms in total. The van der Waals surface area contributed by atoms with Crippen LogP contribution in [0.2, 0.25) is 0 Å². The van der Waals surface area contributed by atoms with Crippen LogP contribution in [0.1, 0.15) is 48.1 Å². The third kappa shape index (κ3) is 4.56. The Labute approximate surface area is 205 Å². The van der Waals surface area contributed by atoms with Crippen molar-refractivity contribution in [2.24, 2.45) is 0 Å². The summed E-state index contributed by atoms with van der Waals surface area (Å²) in [5, 5.41) is 12.0. The van der Waals surface area contributed by atoms with Crippen molar-refractivity contribution in [3.8, 4) is 0 Å². The maximum Gasteiger partial charge on any atom is 0.335 e. The normalized spacial score (nSPS) is 14.4. The summed E-state index contributed by atoms with van der Waals surface area (Å²) in [6.07, 6.45) is 9.95. The first kappa shape index (κ1) is 23.6. The molecule has 0 spiro atoms. The number of carboxylic acid groups (broad SMARTS) is 1. The smallest absolute Gasteiger partial charge is 0.335 e. The fourth-order valence-electron chi connectivity index (χ4n) is 4.56. The van der Waals surface area contributed by atoms with Gasteiger partial charge in [-0.2, -0.15) is 0 Å². The zero-order chi connectivity index (χ0) is 25.2. The van der Waals surface area contributed by atoms with Crippen LogP contribution in [0.3, 0.4) is 0 Å². The lowest BCUT2D eigenvalue weighted by atomic mass is 10.1. The molecule has 1 aliphatic heterocycles. The molecule has 4 aromatic rings. The predicted molar refractivity (Wildman–Crippen MR) is 131 cm³/mol. The summed E-state index contributed by atoms with van der Waals surface area (Å²) in [6.45, 7) is 3.56. The van der Waals surface area contributed by atoms with Crippen LogP contribution in [0.25, 0.3) is 11.0 Å². The molecule has 0 saturated carbocycles. The number of nitrogens with one attached hydrogen (secondary N) is 1. The molecule has 5 rings (SSSR count). The first-order valence-electron chi connectivity index (χ1n) is 11.8. The molecule has 186 valence electrons. The molecule has 1 aromatic carbocycles. The lowest BCUT2D eigenvalue weighted by Crippen LogP contribution is -2.35. The van der Waals surface area contributed by atoms with Crippen molar-refractivity contribution in [2.45, 2.75) is 38.6 Å². The predicted octanol–water partition coefficient (Wildman–Crippen LogP) is 4.74. The number of hydrogen-bond acceptors (Lipinski definition) is 7. The largest absolute Gasteiger partial charge is 0.478 e. The Hall–Kier alpha value is -4.15. The standard InChI is InChI=1S/C25H25F2N7O2/c1-2-3-15-11-28-25(29-12-15)33-8-6-17(7-9-33)34-13-19(27)21-22(30-14-31-23(21)34)32-20-5-4-16(24(35)36)10-18(20)26/h4-5,10-14,17H,2-3,6-9H2,1H3,(H,35,36)(H,30,31,32). The van der Waals surface area contributed by atoms with Gasteiger partial charge in [0.15, 0.2) is 5.82 Å². The maximum absolute atomic E-state index is 15.1. The van der Waals surface area contributed by atoms with Crippen LogP contribution in [0, 0.1) is 11.6 Å². The minimum Gasteiger partial charge on any atom is -0.478 e. The van der Waals surface area contributed by atoms with Crippen molar-refractivity contribution in [3.05, 3.63) is 65.9 Å². The molecule has 36 heavy (non-hydrogen) atoms. The van der Waals surface area contributed by atoms with E-state index in [4.69, 9.17) is 5.11 Å². The van der Waals surface area contributed by atoms with Crippen LogP contribution >= 0.6 is 0 Å². The number of aromatic nitrogens is 5. The first-order chi connectivity index (χ1) is 17.4. The third-order valence-corrected chi connectivity index (χ3v) is 6.40. The molecule has 3 aromatic heterocycles. The Kier molecular flexibility index (Phi) is 6.45. The highest BCUT2D eigenvalue weighted by molar-refractivity contribution is 5.91. The lowest BCUT2D eigenvalue weighted by molar-refractivity contribution is 0.0696. The third-order valence-electron chi connectivity index (χ3n) is 6.40. The van der Waals surface area contributed by atoms with Gasteiger partial charge in [-0.25, -0.2) is 33.5 Å². The number of carboxylic acids is 1. The van der Waals surface area contributed by atoms with Gasteiger partial charge in [-0.1, -0.05) is 13.3 Å². The Morgan fingerprint density at radius 3 is 2.53 bits per heavy atom. The molecule has 0 aliphatic carbocycles. The number of hydrogen-bond donors (Lipinski definition) is 2. The number of anilines is 3. The van der Waals surface area contributed by atoms with Crippen molar-refractivity contribution in [2.75, 3.05) is 23.3 Å². The second kappa shape index (κ2) is 9.84. The number of aryl methyl sites for hydroxylation is 1. The Morgan fingerprint density at radius 1 is 1.11 bits per heavy atom. The number of piperidine rings is 1. The van der Waals surface area contributed by atoms with Gasteiger partial charge in [0.1, 0.15) is 23.6 Å². The fraction of sp³-hybridized carbons (Fsp3) is 0.320. The van der Waals surface area contributed by atoms with Crippen molar-refractivity contribution < 1.29 is 18.7 Å². The molecule has 2 N–H and O–H groups in total. The van der Waals surface area contributed by atoms with Gasteiger partial charge in [0.25, 0.3) is 0 Å². The number of benzene rings is 1. The van der Waals surface area contributed by atoms with Gasteiger partial charge in [-0.05, 0) is 43.0 Å². The molecule has 1 fully saturated rings. The van der Waals surface area contributed by atoms with Gasteiger partial charge in [0.05, 0.1) is 16.6 Å². The van der Waals surface area contributed by atoms with Crippen molar-refractivity contribution in [3.63, 3.8) is 0 Å². The average Bonchev–Trinajstić information content (AvgIpc) is 3.23. The molecule has 0 radical (unpaired) electrons. The lowest BCUT2D eigenvalue weighted by Gasteiger charge is -2.32. The van der Waals surface area contributed by atoms with E-state index in [9.17, 15) is 9.18 Å². The summed E-state index contributed by atoms with van der Waals surface area (Å²) in [4.78, 5) is 30.6. The van der Waals surface area contributed by atoms with E-state index < -0.39 is 17.6 Å². The molecule has 0 atom stereocenters. The van der Waals surface area contributed by atoms with Crippen LogP contribution < -0.4 is 10.2 Å². The fourth-order valence-corrected chi connectivity index (χ4v) is 4.56. The maximum atomic E-state index is 15.1. The van der Waals surface area contributed by atoms with Crippen LogP contribution in [0.15, 0.2) is 43.1 Å². The minimum atomic E-state index is -1.24.